The molecule has 1 amide bonds. The second kappa shape index (κ2) is 8.24. The van der Waals surface area contributed by atoms with Crippen LogP contribution in [0.5, 0.6) is 5.88 Å². The van der Waals surface area contributed by atoms with Crippen molar-refractivity contribution in [1.29, 1.82) is 0 Å². The van der Waals surface area contributed by atoms with Gasteiger partial charge < -0.3 is 15.2 Å². The number of carboxylic acids is 1. The molecule has 2 rings (SSSR count). The van der Waals surface area contributed by atoms with E-state index >= 15 is 0 Å². The predicted molar refractivity (Wildman–Crippen MR) is 84.8 cm³/mol. The summed E-state index contributed by atoms with van der Waals surface area (Å²) in [6.07, 6.45) is 3.78. The van der Waals surface area contributed by atoms with Crippen LogP contribution in [0.1, 0.15) is 23.2 Å². The van der Waals surface area contributed by atoms with E-state index in [-0.39, 0.29) is 11.7 Å². The molecule has 1 saturated carbocycles. The number of nitrogens with zero attached hydrogens (tertiary/aromatic N) is 1. The Labute approximate surface area is 137 Å². The number of carbonyl (C=O) groups excluding carboxylic acids is 1. The minimum absolute atomic E-state index is 0.0241. The molecule has 120 valence electrons. The third kappa shape index (κ3) is 5.73. The van der Waals surface area contributed by atoms with E-state index < -0.39 is 5.97 Å². The normalized spacial score (nSPS) is 13.7. The molecule has 0 radical (unpaired) electrons. The Balaban J connectivity index is 1.76. The highest BCUT2D eigenvalue weighted by Crippen LogP contribution is 2.30. The summed E-state index contributed by atoms with van der Waals surface area (Å²) in [5, 5.41) is 11.5. The van der Waals surface area contributed by atoms with Crippen molar-refractivity contribution in [1.82, 2.24) is 10.3 Å². The first-order valence-corrected chi connectivity index (χ1v) is 8.45. The third-order valence-electron chi connectivity index (χ3n) is 2.98. The third-order valence-corrected chi connectivity index (χ3v) is 4.19. The fourth-order valence-electron chi connectivity index (χ4n) is 1.64. The maximum absolute atomic E-state index is 11.9. The molecule has 1 aromatic heterocycles. The average molecular weight is 345 g/mol. The highest BCUT2D eigenvalue weighted by molar-refractivity contribution is 7.99. The number of aromatic nitrogens is 1. The summed E-state index contributed by atoms with van der Waals surface area (Å²) in [6.45, 7) is 0.993. The molecule has 0 spiro atoms. The number of hydrogen-bond acceptors (Lipinski definition) is 5. The van der Waals surface area contributed by atoms with Gasteiger partial charge in [0.25, 0.3) is 5.91 Å². The molecule has 2 N–H and O–H groups in total. The fourth-order valence-corrected chi connectivity index (χ4v) is 2.42. The van der Waals surface area contributed by atoms with Crippen LogP contribution in [0.25, 0.3) is 0 Å². The SMILES string of the molecule is O=C(O)CSCCNC(=O)c1cnc(OCC2CC2)c(Cl)c1. The summed E-state index contributed by atoms with van der Waals surface area (Å²) < 4.78 is 5.50. The molecule has 1 aromatic rings. The number of halogens is 1. The zero-order valence-electron chi connectivity index (χ0n) is 11.9. The number of thioether (sulfide) groups is 1. The molecule has 1 aliphatic carbocycles. The maximum Gasteiger partial charge on any atom is 0.313 e. The topological polar surface area (TPSA) is 88.5 Å². The van der Waals surface area contributed by atoms with Crippen molar-refractivity contribution in [2.24, 2.45) is 5.92 Å². The molecule has 8 heteroatoms. The highest BCUT2D eigenvalue weighted by atomic mass is 35.5. The van der Waals surface area contributed by atoms with Gasteiger partial charge in [0.05, 0.1) is 17.9 Å². The largest absolute Gasteiger partial charge is 0.481 e. The summed E-state index contributed by atoms with van der Waals surface area (Å²) in [5.41, 5.74) is 0.354. The average Bonchev–Trinajstić information content (AvgIpc) is 3.29. The van der Waals surface area contributed by atoms with Crippen LogP contribution in [0.3, 0.4) is 0 Å². The minimum Gasteiger partial charge on any atom is -0.481 e. The van der Waals surface area contributed by atoms with Crippen LogP contribution in [-0.4, -0.2) is 46.6 Å². The lowest BCUT2D eigenvalue weighted by Crippen LogP contribution is -2.26. The molecule has 1 fully saturated rings. The number of aliphatic carboxylic acids is 1. The van der Waals surface area contributed by atoms with Gasteiger partial charge in [-0.15, -0.1) is 11.8 Å². The second-order valence-corrected chi connectivity index (χ2v) is 6.48. The molecule has 0 bridgehead atoms. The van der Waals surface area contributed by atoms with Crippen molar-refractivity contribution in [3.8, 4) is 5.88 Å². The Morgan fingerprint density at radius 3 is 2.91 bits per heavy atom. The lowest BCUT2D eigenvalue weighted by Gasteiger charge is -2.08. The molecule has 0 aromatic carbocycles. The zero-order valence-corrected chi connectivity index (χ0v) is 13.5. The van der Waals surface area contributed by atoms with E-state index in [1.165, 1.54) is 36.9 Å². The molecule has 0 unspecified atom stereocenters. The van der Waals surface area contributed by atoms with Crippen LogP contribution >= 0.6 is 23.4 Å². The summed E-state index contributed by atoms with van der Waals surface area (Å²) in [5.74, 6) is 0.345. The van der Waals surface area contributed by atoms with Crippen molar-refractivity contribution in [2.45, 2.75) is 12.8 Å². The van der Waals surface area contributed by atoms with Gasteiger partial charge >= 0.3 is 5.97 Å². The minimum atomic E-state index is -0.867. The van der Waals surface area contributed by atoms with Crippen LogP contribution in [0.2, 0.25) is 5.02 Å². The molecule has 0 saturated heterocycles. The van der Waals surface area contributed by atoms with Gasteiger partial charge in [0.15, 0.2) is 0 Å². The van der Waals surface area contributed by atoms with E-state index in [4.69, 9.17) is 21.4 Å². The predicted octanol–water partition coefficient (Wildman–Crippen LogP) is 2.07. The van der Waals surface area contributed by atoms with Crippen LogP contribution in [0.4, 0.5) is 0 Å². The second-order valence-electron chi connectivity index (χ2n) is 4.97. The lowest BCUT2D eigenvalue weighted by molar-refractivity contribution is -0.133. The number of pyridine rings is 1. The van der Waals surface area contributed by atoms with E-state index in [1.54, 1.807) is 0 Å². The molecule has 0 atom stereocenters. The van der Waals surface area contributed by atoms with Crippen LogP contribution < -0.4 is 10.1 Å². The number of rotatable bonds is 9. The number of nitrogens with one attached hydrogen (secondary N) is 1. The van der Waals surface area contributed by atoms with E-state index in [0.29, 0.717) is 41.3 Å². The van der Waals surface area contributed by atoms with Crippen LogP contribution in [-0.2, 0) is 4.79 Å². The van der Waals surface area contributed by atoms with Crippen LogP contribution in [0.15, 0.2) is 12.3 Å². The van der Waals surface area contributed by atoms with Gasteiger partial charge in [-0.2, -0.15) is 0 Å². The van der Waals surface area contributed by atoms with Gasteiger partial charge in [0, 0.05) is 18.5 Å². The number of hydrogen-bond donors (Lipinski definition) is 2. The van der Waals surface area contributed by atoms with Gasteiger partial charge in [0.2, 0.25) is 5.88 Å². The van der Waals surface area contributed by atoms with E-state index in [0.717, 1.165) is 0 Å². The van der Waals surface area contributed by atoms with E-state index in [1.807, 2.05) is 0 Å². The van der Waals surface area contributed by atoms with Gasteiger partial charge in [-0.1, -0.05) is 11.6 Å². The molecular weight excluding hydrogens is 328 g/mol. The quantitative estimate of drug-likeness (QED) is 0.667. The molecule has 1 aliphatic rings. The maximum atomic E-state index is 11.9. The zero-order chi connectivity index (χ0) is 15.9. The van der Waals surface area contributed by atoms with Crippen molar-refractivity contribution in [3.63, 3.8) is 0 Å². The Morgan fingerprint density at radius 2 is 2.27 bits per heavy atom. The molecule has 1 heterocycles. The summed E-state index contributed by atoms with van der Waals surface area (Å²) in [6, 6.07) is 1.52. The monoisotopic (exact) mass is 344 g/mol. The van der Waals surface area contributed by atoms with E-state index in [9.17, 15) is 9.59 Å². The molecule has 6 nitrogen and oxygen atoms in total. The fraction of sp³-hybridized carbons (Fsp3) is 0.500. The van der Waals surface area contributed by atoms with Crippen molar-refractivity contribution in [2.75, 3.05) is 24.7 Å². The number of ether oxygens (including phenoxy) is 1. The highest BCUT2D eigenvalue weighted by Gasteiger charge is 2.22. The Morgan fingerprint density at radius 1 is 1.50 bits per heavy atom. The standard InChI is InChI=1S/C14H17ClN2O4S/c15-11-5-10(6-17-14(11)21-7-9-1-2-9)13(20)16-3-4-22-8-12(18)19/h5-6,9H,1-4,7-8H2,(H,16,20)(H,18,19). The molecular formula is C14H17ClN2O4S. The van der Waals surface area contributed by atoms with Crippen molar-refractivity contribution < 1.29 is 19.4 Å². The number of amides is 1. The number of carbonyl (C=O) groups is 2. The molecule has 22 heavy (non-hydrogen) atoms. The smallest absolute Gasteiger partial charge is 0.313 e. The number of carboxylic acid groups (broad SMARTS) is 1. The van der Waals surface area contributed by atoms with Crippen LogP contribution in [0, 0.1) is 5.92 Å². The van der Waals surface area contributed by atoms with Gasteiger partial charge in [-0.3, -0.25) is 9.59 Å². The Kier molecular flexibility index (Phi) is 6.33. The summed E-state index contributed by atoms with van der Waals surface area (Å²) in [4.78, 5) is 26.3. The Bertz CT molecular complexity index is 552. The summed E-state index contributed by atoms with van der Waals surface area (Å²) in [7, 11) is 0. The summed E-state index contributed by atoms with van der Waals surface area (Å²) >= 11 is 7.30. The van der Waals surface area contributed by atoms with E-state index in [2.05, 4.69) is 10.3 Å². The van der Waals surface area contributed by atoms with Gasteiger partial charge in [-0.05, 0) is 24.8 Å². The first-order valence-electron chi connectivity index (χ1n) is 6.92. The first kappa shape index (κ1) is 16.9. The molecule has 0 aliphatic heterocycles. The lowest BCUT2D eigenvalue weighted by atomic mass is 10.2. The Hall–Kier alpha value is -1.47. The first-order chi connectivity index (χ1) is 10.6. The van der Waals surface area contributed by atoms with Gasteiger partial charge in [0.1, 0.15) is 5.02 Å². The van der Waals surface area contributed by atoms with Crippen molar-refractivity contribution in [3.05, 3.63) is 22.8 Å². The van der Waals surface area contributed by atoms with Crippen molar-refractivity contribution >= 4 is 35.2 Å². The van der Waals surface area contributed by atoms with Gasteiger partial charge in [-0.25, -0.2) is 4.98 Å².